The first-order valence-corrected chi connectivity index (χ1v) is 5.52. The summed E-state index contributed by atoms with van der Waals surface area (Å²) in [5.74, 6) is 1.55. The quantitative estimate of drug-likeness (QED) is 0.736. The van der Waals surface area contributed by atoms with E-state index in [9.17, 15) is 4.79 Å². The van der Waals surface area contributed by atoms with Crippen LogP contribution in [0.4, 0.5) is 0 Å². The summed E-state index contributed by atoms with van der Waals surface area (Å²) in [4.78, 5) is 13.7. The van der Waals surface area contributed by atoms with E-state index in [1.165, 1.54) is 0 Å². The van der Waals surface area contributed by atoms with Gasteiger partial charge in [-0.15, -0.1) is 0 Å². The minimum absolute atomic E-state index is 0.245. The Hall–Kier alpha value is -0.570. The molecule has 3 nitrogen and oxygen atoms in total. The Morgan fingerprint density at radius 2 is 1.86 bits per heavy atom. The van der Waals surface area contributed by atoms with E-state index in [2.05, 4.69) is 33.0 Å². The predicted octanol–water partition coefficient (Wildman–Crippen LogP) is 1.10. The zero-order valence-electron chi connectivity index (χ0n) is 9.71. The second-order valence-electron chi connectivity index (χ2n) is 4.79. The summed E-state index contributed by atoms with van der Waals surface area (Å²) in [6.07, 6.45) is 0. The van der Waals surface area contributed by atoms with Gasteiger partial charge in [0.05, 0.1) is 6.54 Å². The highest BCUT2D eigenvalue weighted by atomic mass is 16.2. The third-order valence-electron chi connectivity index (χ3n) is 3.00. The van der Waals surface area contributed by atoms with Crippen molar-refractivity contribution in [2.45, 2.75) is 33.7 Å². The van der Waals surface area contributed by atoms with Gasteiger partial charge < -0.3 is 10.2 Å². The first-order valence-electron chi connectivity index (χ1n) is 5.52. The first-order chi connectivity index (χ1) is 6.50. The molecule has 0 aromatic heterocycles. The van der Waals surface area contributed by atoms with Gasteiger partial charge in [-0.2, -0.15) is 0 Å². The van der Waals surface area contributed by atoms with Crippen molar-refractivity contribution in [3.05, 3.63) is 0 Å². The lowest BCUT2D eigenvalue weighted by Gasteiger charge is -2.17. The fourth-order valence-corrected chi connectivity index (χ4v) is 1.74. The van der Waals surface area contributed by atoms with Crippen molar-refractivity contribution in [2.75, 3.05) is 19.6 Å². The second-order valence-corrected chi connectivity index (χ2v) is 4.79. The molecule has 1 fully saturated rings. The molecule has 82 valence electrons. The average Bonchev–Trinajstić information content (AvgIpc) is 2.43. The number of nitrogens with zero attached hydrogens (tertiary/aromatic N) is 1. The summed E-state index contributed by atoms with van der Waals surface area (Å²) in [5.41, 5.74) is 0. The number of hydrogen-bond donors (Lipinski definition) is 1. The van der Waals surface area contributed by atoms with Gasteiger partial charge in [0.1, 0.15) is 0 Å². The number of carbonyl (C=O) groups is 1. The van der Waals surface area contributed by atoms with Crippen LogP contribution in [0.5, 0.6) is 0 Å². The van der Waals surface area contributed by atoms with Crippen LogP contribution in [0.3, 0.4) is 0 Å². The molecular weight excluding hydrogens is 176 g/mol. The number of hydrogen-bond acceptors (Lipinski definition) is 2. The van der Waals surface area contributed by atoms with E-state index in [1.807, 2.05) is 4.90 Å². The van der Waals surface area contributed by atoms with Crippen LogP contribution >= 0.6 is 0 Å². The largest absolute Gasteiger partial charge is 0.341 e. The first kappa shape index (κ1) is 11.5. The molecule has 0 aromatic rings. The zero-order chi connectivity index (χ0) is 10.7. The molecule has 3 heteroatoms. The van der Waals surface area contributed by atoms with Crippen molar-refractivity contribution >= 4 is 5.91 Å². The molecule has 2 unspecified atom stereocenters. The molecule has 1 rings (SSSR count). The molecule has 0 saturated carbocycles. The van der Waals surface area contributed by atoms with Crippen LogP contribution in [0.2, 0.25) is 0 Å². The second kappa shape index (κ2) is 4.78. The summed E-state index contributed by atoms with van der Waals surface area (Å²) >= 11 is 0. The van der Waals surface area contributed by atoms with Crippen molar-refractivity contribution in [1.29, 1.82) is 0 Å². The fraction of sp³-hybridized carbons (Fsp3) is 0.909. The minimum atomic E-state index is 0.245. The third kappa shape index (κ3) is 2.98. The molecule has 1 aliphatic rings. The van der Waals surface area contributed by atoms with Crippen LogP contribution < -0.4 is 5.32 Å². The molecule has 1 heterocycles. The van der Waals surface area contributed by atoms with Crippen LogP contribution in [-0.4, -0.2) is 36.5 Å². The highest BCUT2D eigenvalue weighted by Gasteiger charge is 2.28. The van der Waals surface area contributed by atoms with Crippen molar-refractivity contribution in [1.82, 2.24) is 10.2 Å². The lowest BCUT2D eigenvalue weighted by atomic mass is 10.0. The molecule has 0 aromatic carbocycles. The zero-order valence-corrected chi connectivity index (χ0v) is 9.71. The third-order valence-corrected chi connectivity index (χ3v) is 3.00. The Kier molecular flexibility index (Phi) is 3.93. The Morgan fingerprint density at radius 1 is 1.36 bits per heavy atom. The maximum Gasteiger partial charge on any atom is 0.236 e. The van der Waals surface area contributed by atoms with Gasteiger partial charge in [-0.3, -0.25) is 4.79 Å². The van der Waals surface area contributed by atoms with Gasteiger partial charge >= 0.3 is 0 Å². The van der Waals surface area contributed by atoms with Crippen LogP contribution in [-0.2, 0) is 4.79 Å². The molecule has 0 spiro atoms. The van der Waals surface area contributed by atoms with Gasteiger partial charge in [0.2, 0.25) is 5.91 Å². The number of carbonyl (C=O) groups excluding carboxylic acids is 1. The summed E-state index contributed by atoms with van der Waals surface area (Å²) in [7, 11) is 0. The number of amides is 1. The van der Waals surface area contributed by atoms with Gasteiger partial charge in [-0.05, 0) is 11.8 Å². The average molecular weight is 198 g/mol. The molecule has 14 heavy (non-hydrogen) atoms. The van der Waals surface area contributed by atoms with Gasteiger partial charge in [0, 0.05) is 19.1 Å². The molecule has 1 amide bonds. The lowest BCUT2D eigenvalue weighted by Crippen LogP contribution is -2.39. The maximum atomic E-state index is 11.7. The van der Waals surface area contributed by atoms with E-state index in [4.69, 9.17) is 0 Å². The topological polar surface area (TPSA) is 32.3 Å². The fourth-order valence-electron chi connectivity index (χ4n) is 1.74. The SMILES string of the molecule is CC(C)NCC(=O)N1CC(C)C(C)C1. The smallest absolute Gasteiger partial charge is 0.236 e. The molecule has 0 bridgehead atoms. The lowest BCUT2D eigenvalue weighted by molar-refractivity contribution is -0.129. The number of likely N-dealkylation sites (tertiary alicyclic amines) is 1. The maximum absolute atomic E-state index is 11.7. The molecule has 0 aliphatic carbocycles. The van der Waals surface area contributed by atoms with Gasteiger partial charge in [0.15, 0.2) is 0 Å². The Morgan fingerprint density at radius 3 is 2.29 bits per heavy atom. The van der Waals surface area contributed by atoms with E-state index in [0.29, 0.717) is 24.4 Å². The monoisotopic (exact) mass is 198 g/mol. The van der Waals surface area contributed by atoms with E-state index in [0.717, 1.165) is 13.1 Å². The van der Waals surface area contributed by atoms with Crippen LogP contribution in [0, 0.1) is 11.8 Å². The van der Waals surface area contributed by atoms with E-state index in [-0.39, 0.29) is 5.91 Å². The number of nitrogens with one attached hydrogen (secondary N) is 1. The molecule has 2 atom stereocenters. The Bertz CT molecular complexity index is 193. The van der Waals surface area contributed by atoms with E-state index in [1.54, 1.807) is 0 Å². The molecule has 1 saturated heterocycles. The summed E-state index contributed by atoms with van der Waals surface area (Å²) in [6.45, 7) is 10.9. The van der Waals surface area contributed by atoms with E-state index >= 15 is 0 Å². The van der Waals surface area contributed by atoms with Crippen molar-refractivity contribution < 1.29 is 4.79 Å². The Balaban J connectivity index is 2.32. The van der Waals surface area contributed by atoms with Gasteiger partial charge in [-0.25, -0.2) is 0 Å². The van der Waals surface area contributed by atoms with Gasteiger partial charge in [-0.1, -0.05) is 27.7 Å². The van der Waals surface area contributed by atoms with Crippen molar-refractivity contribution in [3.8, 4) is 0 Å². The standard InChI is InChI=1S/C11H22N2O/c1-8(2)12-5-11(14)13-6-9(3)10(4)7-13/h8-10,12H,5-7H2,1-4H3. The van der Waals surface area contributed by atoms with Crippen LogP contribution in [0.15, 0.2) is 0 Å². The van der Waals surface area contributed by atoms with Crippen LogP contribution in [0.25, 0.3) is 0 Å². The highest BCUT2D eigenvalue weighted by molar-refractivity contribution is 5.78. The number of rotatable bonds is 3. The molecular formula is C11H22N2O. The predicted molar refractivity (Wildman–Crippen MR) is 58.0 cm³/mol. The Labute approximate surface area is 86.9 Å². The summed E-state index contributed by atoms with van der Waals surface area (Å²) in [6, 6.07) is 0.386. The van der Waals surface area contributed by atoms with Crippen molar-refractivity contribution in [3.63, 3.8) is 0 Å². The van der Waals surface area contributed by atoms with Gasteiger partial charge in [0.25, 0.3) is 0 Å². The molecule has 1 aliphatic heterocycles. The van der Waals surface area contributed by atoms with E-state index < -0.39 is 0 Å². The molecule has 1 N–H and O–H groups in total. The normalized spacial score (nSPS) is 27.4. The summed E-state index contributed by atoms with van der Waals surface area (Å²) < 4.78 is 0. The summed E-state index contributed by atoms with van der Waals surface area (Å²) in [5, 5.41) is 3.16. The highest BCUT2D eigenvalue weighted by Crippen LogP contribution is 2.21. The minimum Gasteiger partial charge on any atom is -0.341 e. The van der Waals surface area contributed by atoms with Crippen LogP contribution in [0.1, 0.15) is 27.7 Å². The van der Waals surface area contributed by atoms with Crippen molar-refractivity contribution in [2.24, 2.45) is 11.8 Å². The molecule has 0 radical (unpaired) electrons.